The molecule has 0 atom stereocenters. The third kappa shape index (κ3) is 8.09. The van der Waals surface area contributed by atoms with E-state index in [0.717, 1.165) is 11.1 Å². The molecule has 0 saturated carbocycles. The Kier molecular flexibility index (Phi) is 9.33. The van der Waals surface area contributed by atoms with E-state index in [4.69, 9.17) is 9.47 Å². The van der Waals surface area contributed by atoms with E-state index in [1.807, 2.05) is 25.1 Å². The standard InChI is InChI=1S/C28H28N2O6/c1-3-35-28(34)36-24-13-11-22(12-14-24)27(33)29-18-20-5-4-6-23(17-20)30-26(32)16-15-25(31)21-9-7-19(2)8-10-21/h4-14,17H,3,15-16,18H2,1-2H3,(H,29,33)(H,30,32). The second kappa shape index (κ2) is 12.9. The summed E-state index contributed by atoms with van der Waals surface area (Å²) in [4.78, 5) is 48.4. The highest BCUT2D eigenvalue weighted by molar-refractivity contribution is 6.00. The molecule has 186 valence electrons. The third-order valence-electron chi connectivity index (χ3n) is 5.20. The molecule has 36 heavy (non-hydrogen) atoms. The Hall–Kier alpha value is -4.46. The Bertz CT molecular complexity index is 1220. The zero-order valence-corrected chi connectivity index (χ0v) is 20.2. The van der Waals surface area contributed by atoms with Crippen molar-refractivity contribution in [1.82, 2.24) is 5.32 Å². The second-order valence-electron chi connectivity index (χ2n) is 8.03. The maximum atomic E-state index is 12.5. The fourth-order valence-corrected chi connectivity index (χ4v) is 3.30. The Morgan fingerprint density at radius 1 is 0.833 bits per heavy atom. The van der Waals surface area contributed by atoms with Gasteiger partial charge in [-0.05, 0) is 55.8 Å². The summed E-state index contributed by atoms with van der Waals surface area (Å²) in [5.41, 5.74) is 3.43. The zero-order valence-electron chi connectivity index (χ0n) is 20.2. The number of aryl methyl sites for hydroxylation is 1. The maximum absolute atomic E-state index is 12.5. The van der Waals surface area contributed by atoms with Crippen molar-refractivity contribution in [2.24, 2.45) is 0 Å². The highest BCUT2D eigenvalue weighted by Crippen LogP contribution is 2.15. The number of ether oxygens (including phenoxy) is 2. The van der Waals surface area contributed by atoms with Crippen LogP contribution in [-0.2, 0) is 16.1 Å². The summed E-state index contributed by atoms with van der Waals surface area (Å²) in [5.74, 6) is -0.375. The van der Waals surface area contributed by atoms with Crippen molar-refractivity contribution in [3.63, 3.8) is 0 Å². The van der Waals surface area contributed by atoms with Crippen LogP contribution < -0.4 is 15.4 Å². The molecule has 0 aromatic heterocycles. The van der Waals surface area contributed by atoms with Crippen molar-refractivity contribution in [3.8, 4) is 5.75 Å². The molecule has 0 unspecified atom stereocenters. The topological polar surface area (TPSA) is 111 Å². The number of carbonyl (C=O) groups is 4. The largest absolute Gasteiger partial charge is 0.513 e. The van der Waals surface area contributed by atoms with E-state index >= 15 is 0 Å². The number of amides is 2. The number of carbonyl (C=O) groups excluding carboxylic acids is 4. The molecule has 0 aliphatic heterocycles. The lowest BCUT2D eigenvalue weighted by Gasteiger charge is -2.09. The van der Waals surface area contributed by atoms with Crippen molar-refractivity contribution in [2.45, 2.75) is 33.2 Å². The van der Waals surface area contributed by atoms with Gasteiger partial charge in [0.2, 0.25) is 5.91 Å². The molecule has 0 aliphatic rings. The van der Waals surface area contributed by atoms with Crippen LogP contribution in [0.5, 0.6) is 5.75 Å². The van der Waals surface area contributed by atoms with Crippen LogP contribution >= 0.6 is 0 Å². The number of hydrogen-bond donors (Lipinski definition) is 2. The summed E-state index contributed by atoms with van der Waals surface area (Å²) in [5, 5.41) is 5.60. The number of benzene rings is 3. The number of Topliss-reactive ketones (excluding diaryl/α,β-unsaturated/α-hetero) is 1. The van der Waals surface area contributed by atoms with Gasteiger partial charge in [0.1, 0.15) is 5.75 Å². The lowest BCUT2D eigenvalue weighted by Crippen LogP contribution is -2.23. The predicted octanol–water partition coefficient (Wildman–Crippen LogP) is 5.06. The fourth-order valence-electron chi connectivity index (χ4n) is 3.30. The molecular formula is C28H28N2O6. The number of hydrogen-bond acceptors (Lipinski definition) is 6. The molecule has 0 radical (unpaired) electrons. The quantitative estimate of drug-likeness (QED) is 0.234. The first-order valence-electron chi connectivity index (χ1n) is 11.6. The van der Waals surface area contributed by atoms with Gasteiger partial charge < -0.3 is 20.1 Å². The van der Waals surface area contributed by atoms with Gasteiger partial charge in [-0.25, -0.2) is 4.79 Å². The van der Waals surface area contributed by atoms with Gasteiger partial charge in [0.25, 0.3) is 5.91 Å². The normalized spacial score (nSPS) is 10.3. The molecule has 0 heterocycles. The first-order valence-corrected chi connectivity index (χ1v) is 11.6. The van der Waals surface area contributed by atoms with Crippen molar-refractivity contribution in [3.05, 3.63) is 95.1 Å². The zero-order chi connectivity index (χ0) is 25.9. The molecule has 2 amide bonds. The fraction of sp³-hybridized carbons (Fsp3) is 0.214. The van der Waals surface area contributed by atoms with Gasteiger partial charge >= 0.3 is 6.16 Å². The Morgan fingerprint density at radius 2 is 1.53 bits per heavy atom. The third-order valence-corrected chi connectivity index (χ3v) is 5.20. The molecule has 8 nitrogen and oxygen atoms in total. The van der Waals surface area contributed by atoms with Crippen molar-refractivity contribution in [1.29, 1.82) is 0 Å². The van der Waals surface area contributed by atoms with E-state index in [1.165, 1.54) is 12.1 Å². The van der Waals surface area contributed by atoms with E-state index in [-0.39, 0.29) is 49.3 Å². The SMILES string of the molecule is CCOC(=O)Oc1ccc(C(=O)NCc2cccc(NC(=O)CCC(=O)c3ccc(C)cc3)c2)cc1. The molecule has 3 aromatic rings. The average molecular weight is 489 g/mol. The number of anilines is 1. The minimum Gasteiger partial charge on any atom is -0.434 e. The predicted molar refractivity (Wildman–Crippen MR) is 135 cm³/mol. The minimum atomic E-state index is -0.806. The first kappa shape index (κ1) is 26.2. The lowest BCUT2D eigenvalue weighted by molar-refractivity contribution is -0.116. The minimum absolute atomic E-state index is 0.0730. The summed E-state index contributed by atoms with van der Waals surface area (Å²) in [6.07, 6.45) is -0.614. The number of ketones is 1. The van der Waals surface area contributed by atoms with Gasteiger partial charge in [-0.2, -0.15) is 0 Å². The summed E-state index contributed by atoms with van der Waals surface area (Å²) in [7, 11) is 0. The summed E-state index contributed by atoms with van der Waals surface area (Å²) >= 11 is 0. The first-order chi connectivity index (χ1) is 17.3. The summed E-state index contributed by atoms with van der Waals surface area (Å²) in [6.45, 7) is 4.07. The van der Waals surface area contributed by atoms with Gasteiger partial charge in [-0.1, -0.05) is 42.0 Å². The molecule has 0 fully saturated rings. The van der Waals surface area contributed by atoms with E-state index in [2.05, 4.69) is 10.6 Å². The maximum Gasteiger partial charge on any atom is 0.513 e. The van der Waals surface area contributed by atoms with Crippen molar-refractivity contribution >= 4 is 29.4 Å². The van der Waals surface area contributed by atoms with E-state index in [9.17, 15) is 19.2 Å². The van der Waals surface area contributed by atoms with Crippen LogP contribution in [-0.4, -0.2) is 30.4 Å². The average Bonchev–Trinajstić information content (AvgIpc) is 2.87. The van der Waals surface area contributed by atoms with Crippen LogP contribution in [0.3, 0.4) is 0 Å². The van der Waals surface area contributed by atoms with Gasteiger partial charge in [0.15, 0.2) is 5.78 Å². The van der Waals surface area contributed by atoms with Gasteiger partial charge in [-0.15, -0.1) is 0 Å². The molecule has 0 saturated heterocycles. The van der Waals surface area contributed by atoms with E-state index in [0.29, 0.717) is 16.8 Å². The number of nitrogens with one attached hydrogen (secondary N) is 2. The van der Waals surface area contributed by atoms with Crippen LogP contribution in [0.4, 0.5) is 10.5 Å². The van der Waals surface area contributed by atoms with Crippen LogP contribution in [0.1, 0.15) is 51.6 Å². The molecule has 2 N–H and O–H groups in total. The highest BCUT2D eigenvalue weighted by Gasteiger charge is 2.11. The number of rotatable bonds is 10. The molecule has 0 aliphatic carbocycles. The van der Waals surface area contributed by atoms with Gasteiger partial charge in [0.05, 0.1) is 6.61 Å². The molecule has 3 rings (SSSR count). The Labute approximate surface area is 209 Å². The van der Waals surface area contributed by atoms with E-state index in [1.54, 1.807) is 49.4 Å². The Balaban J connectivity index is 1.47. The van der Waals surface area contributed by atoms with Crippen molar-refractivity contribution < 1.29 is 28.7 Å². The molecule has 0 bridgehead atoms. The monoisotopic (exact) mass is 488 g/mol. The van der Waals surface area contributed by atoms with Gasteiger partial charge in [0, 0.05) is 36.2 Å². The van der Waals surface area contributed by atoms with E-state index < -0.39 is 6.16 Å². The van der Waals surface area contributed by atoms with Gasteiger partial charge in [-0.3, -0.25) is 14.4 Å². The Morgan fingerprint density at radius 3 is 2.22 bits per heavy atom. The summed E-state index contributed by atoms with van der Waals surface area (Å²) in [6, 6.07) is 20.5. The van der Waals surface area contributed by atoms with Crippen molar-refractivity contribution in [2.75, 3.05) is 11.9 Å². The lowest BCUT2D eigenvalue weighted by atomic mass is 10.0. The van der Waals surface area contributed by atoms with Crippen LogP contribution in [0.15, 0.2) is 72.8 Å². The molecular weight excluding hydrogens is 460 g/mol. The van der Waals surface area contributed by atoms with Crippen LogP contribution in [0.2, 0.25) is 0 Å². The second-order valence-corrected chi connectivity index (χ2v) is 8.03. The molecule has 3 aromatic carbocycles. The van der Waals surface area contributed by atoms with Crippen LogP contribution in [0.25, 0.3) is 0 Å². The van der Waals surface area contributed by atoms with Crippen LogP contribution in [0, 0.1) is 6.92 Å². The smallest absolute Gasteiger partial charge is 0.434 e. The molecule has 0 spiro atoms. The molecule has 8 heteroatoms. The summed E-state index contributed by atoms with van der Waals surface area (Å²) < 4.78 is 9.68. The highest BCUT2D eigenvalue weighted by atomic mass is 16.7.